The first-order valence-corrected chi connectivity index (χ1v) is 12.9. The van der Waals surface area contributed by atoms with Gasteiger partial charge >= 0.3 is 11.9 Å². The van der Waals surface area contributed by atoms with Crippen molar-refractivity contribution in [3.8, 4) is 5.69 Å². The molecule has 0 unspecified atom stereocenters. The van der Waals surface area contributed by atoms with Crippen LogP contribution in [0.3, 0.4) is 0 Å². The lowest BCUT2D eigenvalue weighted by molar-refractivity contribution is -0.134. The summed E-state index contributed by atoms with van der Waals surface area (Å²) in [6.07, 6.45) is 1.17. The summed E-state index contributed by atoms with van der Waals surface area (Å²) in [5, 5.41) is 9.48. The molecule has 3 heterocycles. The van der Waals surface area contributed by atoms with E-state index in [1.54, 1.807) is 24.3 Å². The zero-order valence-corrected chi connectivity index (χ0v) is 21.6. The van der Waals surface area contributed by atoms with E-state index in [9.17, 15) is 23.9 Å². The van der Waals surface area contributed by atoms with Gasteiger partial charge in [-0.05, 0) is 54.1 Å². The Hall–Kier alpha value is -5.19. The van der Waals surface area contributed by atoms with Crippen molar-refractivity contribution in [1.82, 2.24) is 9.47 Å². The molecule has 0 spiro atoms. The largest absolute Gasteiger partial charge is 0.477 e. The number of fused-ring (bicyclic) bond motifs is 1. The first-order chi connectivity index (χ1) is 19.7. The van der Waals surface area contributed by atoms with Gasteiger partial charge in [0.25, 0.3) is 0 Å². The predicted octanol–water partition coefficient (Wildman–Crippen LogP) is 3.64. The Morgan fingerprint density at radius 2 is 1.56 bits per heavy atom. The maximum atomic E-state index is 15.5. The number of cyclic esters (lactones) is 1. The summed E-state index contributed by atoms with van der Waals surface area (Å²) < 4.78 is 35.9. The number of piperazine rings is 1. The minimum Gasteiger partial charge on any atom is -0.477 e. The molecular weight excluding hydrogens is 534 g/mol. The fourth-order valence-corrected chi connectivity index (χ4v) is 5.34. The molecule has 2 aliphatic rings. The number of carboxylic acid groups (broad SMARTS) is 1. The molecule has 1 fully saturated rings. The first-order valence-electron chi connectivity index (χ1n) is 12.9. The van der Waals surface area contributed by atoms with Gasteiger partial charge in [0.2, 0.25) is 5.43 Å². The van der Waals surface area contributed by atoms with Crippen molar-refractivity contribution in [2.45, 2.75) is 0 Å². The van der Waals surface area contributed by atoms with E-state index in [2.05, 4.69) is 0 Å². The fourth-order valence-electron chi connectivity index (χ4n) is 5.34. The van der Waals surface area contributed by atoms with Crippen LogP contribution in [0.2, 0.25) is 0 Å². The van der Waals surface area contributed by atoms with Crippen molar-refractivity contribution >= 4 is 39.8 Å². The van der Waals surface area contributed by atoms with Crippen molar-refractivity contribution < 1.29 is 28.2 Å². The number of nitrogen functional groups attached to an aromatic ring is 1. The molecule has 0 radical (unpaired) electrons. The van der Waals surface area contributed by atoms with Crippen molar-refractivity contribution in [3.05, 3.63) is 106 Å². The minimum absolute atomic E-state index is 0.103. The molecule has 41 heavy (non-hydrogen) atoms. The molecule has 208 valence electrons. The topological polar surface area (TPSA) is 118 Å². The SMILES string of the molecule is Nc1ccc(C2=C(N3CCN(c4cc5c(cc4F)c(=O)c(C(=O)O)cn5-c4ccc(F)cc4)CC3)COC2=O)cc1. The van der Waals surface area contributed by atoms with E-state index in [1.807, 2.05) is 9.80 Å². The summed E-state index contributed by atoms with van der Waals surface area (Å²) >= 11 is 0. The second-order valence-electron chi connectivity index (χ2n) is 9.84. The molecule has 0 aliphatic carbocycles. The Morgan fingerprint density at radius 1 is 0.902 bits per heavy atom. The average molecular weight is 559 g/mol. The number of ether oxygens (including phenoxy) is 1. The van der Waals surface area contributed by atoms with Gasteiger partial charge in [0.1, 0.15) is 23.8 Å². The lowest BCUT2D eigenvalue weighted by Crippen LogP contribution is -2.46. The van der Waals surface area contributed by atoms with E-state index in [4.69, 9.17) is 10.5 Å². The van der Waals surface area contributed by atoms with Crippen molar-refractivity contribution in [2.24, 2.45) is 0 Å². The number of nitrogens with two attached hydrogens (primary N) is 1. The van der Waals surface area contributed by atoms with Crippen LogP contribution in [0.25, 0.3) is 22.2 Å². The molecular formula is C30H24F2N4O5. The lowest BCUT2D eigenvalue weighted by atomic mass is 10.0. The highest BCUT2D eigenvalue weighted by atomic mass is 19.1. The van der Waals surface area contributed by atoms with Gasteiger partial charge in [-0.1, -0.05) is 12.1 Å². The van der Waals surface area contributed by atoms with Crippen LogP contribution >= 0.6 is 0 Å². The summed E-state index contributed by atoms with van der Waals surface area (Å²) in [6, 6.07) is 14.9. The molecule has 0 saturated carbocycles. The van der Waals surface area contributed by atoms with E-state index < -0.39 is 34.6 Å². The summed E-state index contributed by atoms with van der Waals surface area (Å²) in [4.78, 5) is 41.1. The summed E-state index contributed by atoms with van der Waals surface area (Å²) in [6.45, 7) is 1.90. The lowest BCUT2D eigenvalue weighted by Gasteiger charge is -2.38. The number of nitrogens with zero attached hydrogens (tertiary/aromatic N) is 3. The van der Waals surface area contributed by atoms with E-state index in [0.717, 1.165) is 11.8 Å². The highest BCUT2D eigenvalue weighted by Gasteiger charge is 2.32. The van der Waals surface area contributed by atoms with Crippen LogP contribution < -0.4 is 16.1 Å². The molecule has 0 bridgehead atoms. The van der Waals surface area contributed by atoms with E-state index in [-0.39, 0.29) is 23.2 Å². The van der Waals surface area contributed by atoms with Crippen LogP contribution in [0.1, 0.15) is 15.9 Å². The molecule has 4 aromatic rings. The van der Waals surface area contributed by atoms with Crippen LogP contribution in [0.15, 0.2) is 77.4 Å². The van der Waals surface area contributed by atoms with Crippen LogP contribution in [0.4, 0.5) is 20.2 Å². The fraction of sp³-hybridized carbons (Fsp3) is 0.167. The molecule has 3 N–H and O–H groups in total. The standard InChI is InChI=1S/C30H24F2N4O5/c31-18-3-7-20(8-4-18)36-15-22(29(38)39)28(37)21-13-23(32)25(14-24(21)36)34-9-11-35(12-10-34)26-16-41-30(40)27(26)17-1-5-19(33)6-2-17/h1-8,13-15H,9-12,16,33H2,(H,38,39). The van der Waals surface area contributed by atoms with Crippen LogP contribution in [0, 0.1) is 11.6 Å². The number of halogens is 2. The van der Waals surface area contributed by atoms with Gasteiger partial charge in [-0.15, -0.1) is 0 Å². The maximum Gasteiger partial charge on any atom is 0.341 e. The van der Waals surface area contributed by atoms with Gasteiger partial charge < -0.3 is 29.9 Å². The Balaban J connectivity index is 1.35. The number of hydrogen-bond acceptors (Lipinski definition) is 7. The monoisotopic (exact) mass is 558 g/mol. The Kier molecular flexibility index (Phi) is 6.41. The normalized spacial score (nSPS) is 15.5. The van der Waals surface area contributed by atoms with E-state index in [1.165, 1.54) is 41.1 Å². The zero-order valence-electron chi connectivity index (χ0n) is 21.6. The smallest absolute Gasteiger partial charge is 0.341 e. The molecule has 3 aromatic carbocycles. The van der Waals surface area contributed by atoms with Crippen LogP contribution in [-0.4, -0.2) is 59.3 Å². The third-order valence-electron chi connectivity index (χ3n) is 7.44. The molecule has 1 aromatic heterocycles. The van der Waals surface area contributed by atoms with Gasteiger partial charge in [0.05, 0.1) is 22.5 Å². The molecule has 2 aliphatic heterocycles. The minimum atomic E-state index is -1.45. The predicted molar refractivity (Wildman–Crippen MR) is 149 cm³/mol. The second kappa shape index (κ2) is 10.1. The molecule has 9 nitrogen and oxygen atoms in total. The van der Waals surface area contributed by atoms with Gasteiger partial charge in [-0.2, -0.15) is 0 Å². The molecule has 1 saturated heterocycles. The second-order valence-corrected chi connectivity index (χ2v) is 9.84. The third kappa shape index (κ3) is 4.65. The summed E-state index contributed by atoms with van der Waals surface area (Å²) in [7, 11) is 0. The number of carboxylic acids is 1. The number of pyridine rings is 1. The molecule has 0 amide bonds. The number of aromatic nitrogens is 1. The zero-order chi connectivity index (χ0) is 28.8. The number of esters is 1. The van der Waals surface area contributed by atoms with Gasteiger partial charge in [0, 0.05) is 49.1 Å². The summed E-state index contributed by atoms with van der Waals surface area (Å²) in [5.41, 5.74) is 7.91. The number of rotatable bonds is 5. The highest BCUT2D eigenvalue weighted by molar-refractivity contribution is 6.19. The number of benzene rings is 3. The Bertz CT molecular complexity index is 1790. The van der Waals surface area contributed by atoms with Gasteiger partial charge in [0.15, 0.2) is 0 Å². The number of carbonyl (C=O) groups excluding carboxylic acids is 1. The highest BCUT2D eigenvalue weighted by Crippen LogP contribution is 2.32. The van der Waals surface area contributed by atoms with Crippen molar-refractivity contribution in [3.63, 3.8) is 0 Å². The molecule has 6 rings (SSSR count). The number of hydrogen-bond donors (Lipinski definition) is 2. The molecule has 0 atom stereocenters. The van der Waals surface area contributed by atoms with E-state index in [0.29, 0.717) is 48.7 Å². The van der Waals surface area contributed by atoms with Crippen LogP contribution in [-0.2, 0) is 9.53 Å². The Labute approximate surface area is 232 Å². The number of aromatic carboxylic acids is 1. The van der Waals surface area contributed by atoms with Gasteiger partial charge in [-0.25, -0.2) is 18.4 Å². The van der Waals surface area contributed by atoms with E-state index >= 15 is 4.39 Å². The Morgan fingerprint density at radius 3 is 2.22 bits per heavy atom. The number of carbonyl (C=O) groups is 2. The molecule has 11 heteroatoms. The average Bonchev–Trinajstić information content (AvgIpc) is 3.35. The third-order valence-corrected chi connectivity index (χ3v) is 7.44. The maximum absolute atomic E-state index is 15.5. The van der Waals surface area contributed by atoms with Crippen molar-refractivity contribution in [2.75, 3.05) is 43.4 Å². The number of anilines is 2. The first kappa shape index (κ1) is 26.1. The van der Waals surface area contributed by atoms with Crippen molar-refractivity contribution in [1.29, 1.82) is 0 Å². The quantitative estimate of drug-likeness (QED) is 0.282. The van der Waals surface area contributed by atoms with Gasteiger partial charge in [-0.3, -0.25) is 4.79 Å². The summed E-state index contributed by atoms with van der Waals surface area (Å²) in [5.74, 6) is -3.01. The van der Waals surface area contributed by atoms with Crippen LogP contribution in [0.5, 0.6) is 0 Å².